The van der Waals surface area contributed by atoms with Crippen molar-refractivity contribution in [3.8, 4) is 5.69 Å². The molecule has 1 atom stereocenters. The molecule has 0 spiro atoms. The summed E-state index contributed by atoms with van der Waals surface area (Å²) in [5.41, 5.74) is 5.01. The largest absolute Gasteiger partial charge is 0.325 e. The number of aryl methyl sites for hydroxylation is 3. The van der Waals surface area contributed by atoms with Crippen LogP contribution in [-0.4, -0.2) is 31.4 Å². The molecule has 134 valence electrons. The summed E-state index contributed by atoms with van der Waals surface area (Å²) in [5, 5.41) is 15.2. The number of carbonyl (C=O) groups excluding carboxylic acids is 1. The van der Waals surface area contributed by atoms with Crippen molar-refractivity contribution in [2.45, 2.75) is 38.1 Å². The third kappa shape index (κ3) is 4.11. The maximum Gasteiger partial charge on any atom is 0.237 e. The second-order valence-electron chi connectivity index (χ2n) is 6.28. The van der Waals surface area contributed by atoms with Crippen molar-refractivity contribution in [1.82, 2.24) is 20.2 Å². The molecule has 1 amide bonds. The highest BCUT2D eigenvalue weighted by Crippen LogP contribution is 2.25. The van der Waals surface area contributed by atoms with Gasteiger partial charge < -0.3 is 5.32 Å². The Morgan fingerprint density at radius 3 is 2.65 bits per heavy atom. The van der Waals surface area contributed by atoms with Gasteiger partial charge in [0, 0.05) is 5.69 Å². The molecule has 1 heterocycles. The second kappa shape index (κ2) is 7.70. The van der Waals surface area contributed by atoms with E-state index in [1.54, 1.807) is 4.68 Å². The molecule has 3 aromatic rings. The van der Waals surface area contributed by atoms with E-state index in [4.69, 9.17) is 0 Å². The quantitative estimate of drug-likeness (QED) is 0.696. The number of benzene rings is 2. The molecule has 0 radical (unpaired) electrons. The molecule has 0 unspecified atom stereocenters. The first kappa shape index (κ1) is 18.1. The monoisotopic (exact) mass is 367 g/mol. The van der Waals surface area contributed by atoms with Crippen molar-refractivity contribution in [2.75, 3.05) is 5.32 Å². The van der Waals surface area contributed by atoms with Crippen LogP contribution < -0.4 is 5.32 Å². The second-order valence-corrected chi connectivity index (χ2v) is 7.59. The fourth-order valence-electron chi connectivity index (χ4n) is 2.53. The zero-order valence-corrected chi connectivity index (χ0v) is 16.0. The van der Waals surface area contributed by atoms with Gasteiger partial charge in [0.15, 0.2) is 0 Å². The van der Waals surface area contributed by atoms with Crippen LogP contribution in [0.2, 0.25) is 0 Å². The van der Waals surface area contributed by atoms with Gasteiger partial charge in [-0.15, -0.1) is 5.10 Å². The third-order valence-corrected chi connectivity index (χ3v) is 5.00. The Morgan fingerprint density at radius 2 is 1.88 bits per heavy atom. The molecule has 3 rings (SSSR count). The van der Waals surface area contributed by atoms with Crippen LogP contribution in [0.4, 0.5) is 5.69 Å². The van der Waals surface area contributed by atoms with Crippen molar-refractivity contribution in [2.24, 2.45) is 0 Å². The molecule has 2 aromatic carbocycles. The first-order chi connectivity index (χ1) is 12.4. The molecule has 0 aliphatic rings. The lowest BCUT2D eigenvalue weighted by molar-refractivity contribution is -0.115. The van der Waals surface area contributed by atoms with Gasteiger partial charge >= 0.3 is 0 Å². The third-order valence-electron chi connectivity index (χ3n) is 3.97. The highest BCUT2D eigenvalue weighted by atomic mass is 32.2. The predicted octanol–water partition coefficient (Wildman–Crippen LogP) is 3.71. The zero-order chi connectivity index (χ0) is 18.7. The number of rotatable bonds is 5. The van der Waals surface area contributed by atoms with Crippen LogP contribution in [0.25, 0.3) is 5.69 Å². The van der Waals surface area contributed by atoms with Crippen LogP contribution in [0.15, 0.2) is 47.6 Å². The summed E-state index contributed by atoms with van der Waals surface area (Å²) in [7, 11) is 0. The number of tetrazole rings is 1. The van der Waals surface area contributed by atoms with Gasteiger partial charge in [-0.25, -0.2) is 0 Å². The summed E-state index contributed by atoms with van der Waals surface area (Å²) in [5.74, 6) is -0.0869. The number of carbonyl (C=O) groups is 1. The minimum Gasteiger partial charge on any atom is -0.325 e. The van der Waals surface area contributed by atoms with Crippen LogP contribution in [-0.2, 0) is 4.79 Å². The summed E-state index contributed by atoms with van der Waals surface area (Å²) in [4.78, 5) is 12.5. The van der Waals surface area contributed by atoms with Crippen molar-refractivity contribution >= 4 is 23.4 Å². The number of hydrogen-bond donors (Lipinski definition) is 1. The van der Waals surface area contributed by atoms with Gasteiger partial charge in [-0.1, -0.05) is 36.0 Å². The Morgan fingerprint density at radius 1 is 1.12 bits per heavy atom. The van der Waals surface area contributed by atoms with Gasteiger partial charge in [-0.3, -0.25) is 4.79 Å². The number of aromatic nitrogens is 4. The van der Waals surface area contributed by atoms with E-state index in [1.807, 2.05) is 70.2 Å². The van der Waals surface area contributed by atoms with E-state index in [-0.39, 0.29) is 11.2 Å². The van der Waals surface area contributed by atoms with Crippen LogP contribution >= 0.6 is 11.8 Å². The van der Waals surface area contributed by atoms with E-state index in [0.29, 0.717) is 5.16 Å². The fourth-order valence-corrected chi connectivity index (χ4v) is 3.33. The van der Waals surface area contributed by atoms with Crippen LogP contribution in [0.5, 0.6) is 0 Å². The average molecular weight is 367 g/mol. The summed E-state index contributed by atoms with van der Waals surface area (Å²) in [6, 6.07) is 13.9. The lowest BCUT2D eigenvalue weighted by Crippen LogP contribution is -2.23. The lowest BCUT2D eigenvalue weighted by Gasteiger charge is -2.13. The van der Waals surface area contributed by atoms with E-state index in [9.17, 15) is 4.79 Å². The number of anilines is 1. The van der Waals surface area contributed by atoms with Crippen molar-refractivity contribution in [1.29, 1.82) is 0 Å². The summed E-state index contributed by atoms with van der Waals surface area (Å²) in [6.45, 7) is 7.88. The molecule has 0 fully saturated rings. The van der Waals surface area contributed by atoms with Crippen molar-refractivity contribution < 1.29 is 4.79 Å². The molecule has 0 saturated carbocycles. The Hall–Kier alpha value is -2.67. The van der Waals surface area contributed by atoms with Gasteiger partial charge in [0.25, 0.3) is 0 Å². The van der Waals surface area contributed by atoms with E-state index in [1.165, 1.54) is 11.8 Å². The minimum atomic E-state index is -0.342. The van der Waals surface area contributed by atoms with Crippen molar-refractivity contribution in [3.05, 3.63) is 59.2 Å². The maximum atomic E-state index is 12.5. The summed E-state index contributed by atoms with van der Waals surface area (Å²) in [6.07, 6.45) is 0. The van der Waals surface area contributed by atoms with Gasteiger partial charge in [0.05, 0.1) is 10.9 Å². The molecule has 1 N–H and O–H groups in total. The topological polar surface area (TPSA) is 72.7 Å². The first-order valence-corrected chi connectivity index (χ1v) is 9.22. The molecule has 6 nitrogen and oxygen atoms in total. The Kier molecular flexibility index (Phi) is 5.37. The molecular weight excluding hydrogens is 346 g/mol. The van der Waals surface area contributed by atoms with Crippen LogP contribution in [0.1, 0.15) is 23.6 Å². The number of amides is 1. The maximum absolute atomic E-state index is 12.5. The number of nitrogens with zero attached hydrogens (tertiary/aromatic N) is 4. The first-order valence-electron chi connectivity index (χ1n) is 8.34. The Bertz CT molecular complexity index is 937. The number of hydrogen-bond acceptors (Lipinski definition) is 5. The van der Waals surface area contributed by atoms with Gasteiger partial charge in [0.1, 0.15) is 0 Å². The van der Waals surface area contributed by atoms with E-state index >= 15 is 0 Å². The lowest BCUT2D eigenvalue weighted by atomic mass is 10.1. The SMILES string of the molecule is Cc1cccc(NC(=O)[C@H](C)Sc2nnnn2-c2cc(C)ccc2C)c1. The Labute approximate surface area is 157 Å². The molecular formula is C19H21N5OS. The van der Waals surface area contributed by atoms with E-state index < -0.39 is 0 Å². The molecule has 0 aliphatic heterocycles. The van der Waals surface area contributed by atoms with Gasteiger partial charge in [0.2, 0.25) is 11.1 Å². The number of thioether (sulfide) groups is 1. The normalized spacial score (nSPS) is 12.0. The highest BCUT2D eigenvalue weighted by Gasteiger charge is 2.20. The molecule has 0 saturated heterocycles. The Balaban J connectivity index is 1.76. The smallest absolute Gasteiger partial charge is 0.237 e. The molecule has 7 heteroatoms. The van der Waals surface area contributed by atoms with E-state index in [2.05, 4.69) is 20.8 Å². The van der Waals surface area contributed by atoms with Crippen LogP contribution in [0, 0.1) is 20.8 Å². The van der Waals surface area contributed by atoms with Crippen LogP contribution in [0.3, 0.4) is 0 Å². The predicted molar refractivity (Wildman–Crippen MR) is 104 cm³/mol. The standard InChI is InChI=1S/C19H21N5OS/c1-12-6-5-7-16(10-12)20-18(25)15(4)26-19-21-22-23-24(19)17-11-13(2)8-9-14(17)3/h5-11,15H,1-4H3,(H,20,25)/t15-/m0/s1. The van der Waals surface area contributed by atoms with Crippen molar-refractivity contribution in [3.63, 3.8) is 0 Å². The fraction of sp³-hybridized carbons (Fsp3) is 0.263. The van der Waals surface area contributed by atoms with Gasteiger partial charge in [-0.05, 0) is 73.0 Å². The summed E-state index contributed by atoms with van der Waals surface area (Å²) < 4.78 is 1.68. The average Bonchev–Trinajstić information content (AvgIpc) is 3.05. The summed E-state index contributed by atoms with van der Waals surface area (Å²) >= 11 is 1.33. The molecule has 0 aliphatic carbocycles. The highest BCUT2D eigenvalue weighted by molar-refractivity contribution is 8.00. The van der Waals surface area contributed by atoms with E-state index in [0.717, 1.165) is 28.1 Å². The minimum absolute atomic E-state index is 0.0869. The number of nitrogens with one attached hydrogen (secondary N) is 1. The molecule has 0 bridgehead atoms. The molecule has 26 heavy (non-hydrogen) atoms. The zero-order valence-electron chi connectivity index (χ0n) is 15.2. The molecule has 1 aromatic heterocycles. The van der Waals surface area contributed by atoms with Gasteiger partial charge in [-0.2, -0.15) is 4.68 Å².